The number of hydrogen-bond acceptors (Lipinski definition) is 8. The van der Waals surface area contributed by atoms with E-state index in [-0.39, 0.29) is 60.0 Å². The third-order valence-electron chi connectivity index (χ3n) is 9.16. The lowest BCUT2D eigenvalue weighted by Gasteiger charge is -2.63. The maximum absolute atomic E-state index is 13.9. The smallest absolute Gasteiger partial charge is 0.313 e. The fraction of sp³-hybridized carbons (Fsp3) is 0.912. The summed E-state index contributed by atoms with van der Waals surface area (Å²) in [5.41, 5.74) is -5.34. The predicted octanol–water partition coefficient (Wildman–Crippen LogP) is 7.77. The molecule has 6 atom stereocenters. The second-order valence-corrected chi connectivity index (χ2v) is 14.8. The van der Waals surface area contributed by atoms with Crippen molar-refractivity contribution in [3.8, 4) is 0 Å². The van der Waals surface area contributed by atoms with E-state index in [9.17, 15) is 19.5 Å². The highest BCUT2D eigenvalue weighted by molar-refractivity contribution is 5.81. The summed E-state index contributed by atoms with van der Waals surface area (Å²) in [5, 5.41) is 11.5. The molecule has 5 fully saturated rings. The van der Waals surface area contributed by atoms with Crippen LogP contribution in [0.25, 0.3) is 0 Å². The lowest BCUT2D eigenvalue weighted by atomic mass is 9.46. The highest BCUT2D eigenvalue weighted by Crippen LogP contribution is 2.65. The second kappa shape index (κ2) is 13.5. The van der Waals surface area contributed by atoms with E-state index in [1.54, 1.807) is 13.8 Å². The zero-order valence-corrected chi connectivity index (χ0v) is 24.4. The molecule has 1 N–H and O–H groups in total. The van der Waals surface area contributed by atoms with Crippen molar-refractivity contribution in [3.63, 3.8) is 0 Å². The van der Waals surface area contributed by atoms with E-state index in [4.69, 9.17) is 18.9 Å². The van der Waals surface area contributed by atoms with Crippen LogP contribution in [0.2, 0.25) is 0 Å². The summed E-state index contributed by atoms with van der Waals surface area (Å²) in [6.07, 6.45) is 5.73. The minimum Gasteiger partial charge on any atom is -0.460 e. The van der Waals surface area contributed by atoms with Gasteiger partial charge in [0.2, 0.25) is 6.29 Å². The van der Waals surface area contributed by atoms with Gasteiger partial charge in [-0.3, -0.25) is 14.4 Å². The maximum Gasteiger partial charge on any atom is 0.313 e. The Hall–Kier alpha value is -1.67. The standard InChI is InChI=1S/C30H48O8.4CH4/c1-8-27(7,16-26(5,6)22(31)36-21-11-9-10-12-35-21)23(32)38-30-15-20-13-28(18-30,17-29(34,14-20)19-30)24(33)37-25(2,3)4;;;;/h20-21,34H,8-19H2,1-7H3;4*1H4. The van der Waals surface area contributed by atoms with E-state index in [1.165, 1.54) is 0 Å². The first-order valence-corrected chi connectivity index (χ1v) is 14.4. The Kier molecular flexibility index (Phi) is 13.0. The van der Waals surface area contributed by atoms with Crippen LogP contribution in [0.15, 0.2) is 0 Å². The number of hydrogen-bond donors (Lipinski definition) is 1. The zero-order valence-electron chi connectivity index (χ0n) is 24.4. The first-order chi connectivity index (χ1) is 17.4. The molecular weight excluding hydrogens is 536 g/mol. The van der Waals surface area contributed by atoms with Crippen molar-refractivity contribution in [1.82, 2.24) is 0 Å². The number of rotatable bonds is 8. The van der Waals surface area contributed by atoms with Gasteiger partial charge in [-0.2, -0.15) is 0 Å². The number of carbonyl (C=O) groups excluding carboxylic acids is 3. The van der Waals surface area contributed by atoms with E-state index in [0.29, 0.717) is 58.0 Å². The molecule has 1 aliphatic heterocycles. The summed E-state index contributed by atoms with van der Waals surface area (Å²) in [6.45, 7) is 13.5. The lowest BCUT2D eigenvalue weighted by Crippen LogP contribution is -2.67. The van der Waals surface area contributed by atoms with Crippen molar-refractivity contribution < 1.29 is 38.4 Å². The van der Waals surface area contributed by atoms with Crippen LogP contribution in [0.3, 0.4) is 0 Å². The molecule has 42 heavy (non-hydrogen) atoms. The fourth-order valence-electron chi connectivity index (χ4n) is 7.82. The topological polar surface area (TPSA) is 108 Å². The van der Waals surface area contributed by atoms with Crippen molar-refractivity contribution in [2.45, 2.75) is 172 Å². The largest absolute Gasteiger partial charge is 0.460 e. The summed E-state index contributed by atoms with van der Waals surface area (Å²) >= 11 is 0. The van der Waals surface area contributed by atoms with Crippen molar-refractivity contribution in [2.75, 3.05) is 6.61 Å². The van der Waals surface area contributed by atoms with Gasteiger partial charge >= 0.3 is 17.9 Å². The fourth-order valence-corrected chi connectivity index (χ4v) is 7.82. The van der Waals surface area contributed by atoms with Crippen molar-refractivity contribution >= 4 is 17.9 Å². The summed E-state index contributed by atoms with van der Waals surface area (Å²) < 4.78 is 23.4. The van der Waals surface area contributed by atoms with Crippen LogP contribution in [0.1, 0.15) is 149 Å². The highest BCUT2D eigenvalue weighted by atomic mass is 16.7. The molecule has 248 valence electrons. The molecule has 0 amide bonds. The number of aliphatic hydroxyl groups is 1. The molecule has 0 aromatic heterocycles. The van der Waals surface area contributed by atoms with Gasteiger partial charge < -0.3 is 24.1 Å². The normalized spacial score (nSPS) is 32.9. The second-order valence-electron chi connectivity index (χ2n) is 14.8. The molecule has 4 aliphatic carbocycles. The van der Waals surface area contributed by atoms with Crippen LogP contribution >= 0.6 is 0 Å². The summed E-state index contributed by atoms with van der Waals surface area (Å²) in [4.78, 5) is 40.4. The Bertz CT molecular complexity index is 948. The van der Waals surface area contributed by atoms with Crippen LogP contribution in [0.5, 0.6) is 0 Å². The minimum absolute atomic E-state index is 0. The molecule has 5 rings (SSSR count). The Labute approximate surface area is 257 Å². The molecule has 0 aromatic carbocycles. The predicted molar refractivity (Wildman–Crippen MR) is 167 cm³/mol. The summed E-state index contributed by atoms with van der Waals surface area (Å²) in [5.74, 6) is -0.990. The molecule has 0 radical (unpaired) electrons. The molecule has 1 saturated heterocycles. The molecule has 8 nitrogen and oxygen atoms in total. The minimum atomic E-state index is -1.05. The molecular formula is C34H64O8. The number of ether oxygens (including phenoxy) is 4. The Balaban J connectivity index is 0.00000420. The van der Waals surface area contributed by atoms with Gasteiger partial charge in [-0.1, -0.05) is 36.6 Å². The molecule has 0 aromatic rings. The Morgan fingerprint density at radius 3 is 2.05 bits per heavy atom. The first-order valence-electron chi connectivity index (χ1n) is 14.4. The highest BCUT2D eigenvalue weighted by Gasteiger charge is 2.68. The van der Waals surface area contributed by atoms with Gasteiger partial charge in [-0.05, 0) is 98.8 Å². The van der Waals surface area contributed by atoms with Gasteiger partial charge in [-0.25, -0.2) is 0 Å². The molecule has 4 saturated carbocycles. The molecule has 8 heteroatoms. The average molecular weight is 601 g/mol. The third kappa shape index (κ3) is 8.28. The van der Waals surface area contributed by atoms with E-state index in [0.717, 1.165) is 12.8 Å². The van der Waals surface area contributed by atoms with Gasteiger partial charge in [0, 0.05) is 19.3 Å². The molecule has 6 unspecified atom stereocenters. The van der Waals surface area contributed by atoms with Crippen molar-refractivity contribution in [3.05, 3.63) is 0 Å². The van der Waals surface area contributed by atoms with Crippen LogP contribution < -0.4 is 0 Å². The van der Waals surface area contributed by atoms with Crippen molar-refractivity contribution in [1.29, 1.82) is 0 Å². The monoisotopic (exact) mass is 600 g/mol. The molecule has 5 aliphatic rings. The molecule has 0 spiro atoms. The van der Waals surface area contributed by atoms with Gasteiger partial charge in [0.05, 0.1) is 28.5 Å². The molecule has 1 heterocycles. The van der Waals surface area contributed by atoms with Gasteiger partial charge in [0.1, 0.15) is 11.2 Å². The molecule has 4 bridgehead atoms. The van der Waals surface area contributed by atoms with Gasteiger partial charge in [-0.15, -0.1) is 0 Å². The average Bonchev–Trinajstić information content (AvgIpc) is 2.76. The summed E-state index contributed by atoms with van der Waals surface area (Å²) in [7, 11) is 0. The lowest BCUT2D eigenvalue weighted by molar-refractivity contribution is -0.254. The maximum atomic E-state index is 13.9. The van der Waals surface area contributed by atoms with Crippen LogP contribution in [-0.2, 0) is 33.3 Å². The number of carbonyl (C=O) groups is 3. The van der Waals surface area contributed by atoms with E-state index < -0.39 is 39.3 Å². The van der Waals surface area contributed by atoms with Crippen molar-refractivity contribution in [2.24, 2.45) is 22.2 Å². The van der Waals surface area contributed by atoms with E-state index in [2.05, 4.69) is 0 Å². The van der Waals surface area contributed by atoms with E-state index in [1.807, 2.05) is 34.6 Å². The first kappa shape index (κ1) is 40.3. The SMILES string of the molecule is C.C.C.C.CCC(C)(CC(C)(C)C(=O)OC1CCCCO1)C(=O)OC12CC3CC(O)(C1)CC(C(=O)OC(C)(C)C)(C3)C2. The summed E-state index contributed by atoms with van der Waals surface area (Å²) in [6, 6.07) is 0. The Morgan fingerprint density at radius 1 is 0.881 bits per heavy atom. The zero-order chi connectivity index (χ0) is 28.2. The van der Waals surface area contributed by atoms with Gasteiger partial charge in [0.15, 0.2) is 0 Å². The van der Waals surface area contributed by atoms with Crippen LogP contribution in [0.4, 0.5) is 0 Å². The quantitative estimate of drug-likeness (QED) is 0.222. The van der Waals surface area contributed by atoms with Crippen LogP contribution in [0, 0.1) is 22.2 Å². The third-order valence-corrected chi connectivity index (χ3v) is 9.16. The van der Waals surface area contributed by atoms with Gasteiger partial charge in [0.25, 0.3) is 0 Å². The number of esters is 3. The Morgan fingerprint density at radius 2 is 1.52 bits per heavy atom. The van der Waals surface area contributed by atoms with E-state index >= 15 is 0 Å². The van der Waals surface area contributed by atoms with Crippen LogP contribution in [-0.4, -0.2) is 52.7 Å².